The molecule has 8 nitrogen and oxygen atoms in total. The Hall–Kier alpha value is -2.03. The number of carbonyl (C=O) groups excluding carboxylic acids is 2. The molecule has 1 saturated heterocycles. The second kappa shape index (κ2) is 6.42. The average Bonchev–Trinajstić information content (AvgIpc) is 3.02. The number of anilines is 2. The lowest BCUT2D eigenvalue weighted by molar-refractivity contribution is 0.0941. The van der Waals surface area contributed by atoms with Crippen molar-refractivity contribution < 1.29 is 14.3 Å². The normalized spacial score (nSPS) is 14.3. The fourth-order valence-corrected chi connectivity index (χ4v) is 2.88. The van der Waals surface area contributed by atoms with E-state index in [-0.39, 0.29) is 24.9 Å². The van der Waals surface area contributed by atoms with Gasteiger partial charge in [-0.25, -0.2) is 9.78 Å². The Balaban J connectivity index is 1.90. The summed E-state index contributed by atoms with van der Waals surface area (Å²) in [5, 5.41) is 3.38. The maximum atomic E-state index is 11.9. The van der Waals surface area contributed by atoms with Gasteiger partial charge in [0.2, 0.25) is 0 Å². The molecule has 110 valence electrons. The number of nitrogens with one attached hydrogen (secondary N) is 1. The highest BCUT2D eigenvalue weighted by molar-refractivity contribution is 7.18. The predicted molar refractivity (Wildman–Crippen MR) is 75.8 cm³/mol. The van der Waals surface area contributed by atoms with Crippen LogP contribution in [0.15, 0.2) is 0 Å². The Morgan fingerprint density at radius 2 is 2.10 bits per heavy atom. The fraction of sp³-hybridized carbons (Fsp3) is 0.545. The number of thiazole rings is 1. The average molecular weight is 299 g/mol. The molecule has 1 aromatic heterocycles. The van der Waals surface area contributed by atoms with Crippen molar-refractivity contribution in [2.45, 2.75) is 12.8 Å². The van der Waals surface area contributed by atoms with Gasteiger partial charge < -0.3 is 26.4 Å². The zero-order valence-corrected chi connectivity index (χ0v) is 11.7. The zero-order valence-electron chi connectivity index (χ0n) is 10.9. The highest BCUT2D eigenvalue weighted by Gasteiger charge is 2.21. The van der Waals surface area contributed by atoms with Crippen LogP contribution in [0.2, 0.25) is 0 Å². The summed E-state index contributed by atoms with van der Waals surface area (Å²) in [6.45, 7) is 2.10. The molecule has 1 fully saturated rings. The second-order valence-corrected chi connectivity index (χ2v) is 5.31. The number of primary amides is 1. The summed E-state index contributed by atoms with van der Waals surface area (Å²) in [5.74, 6) is -0.0938. The summed E-state index contributed by atoms with van der Waals surface area (Å²) in [6.07, 6.45) is 1.39. The van der Waals surface area contributed by atoms with E-state index < -0.39 is 6.09 Å². The fourth-order valence-electron chi connectivity index (χ4n) is 1.92. The molecule has 0 bridgehead atoms. The van der Waals surface area contributed by atoms with Crippen molar-refractivity contribution in [2.24, 2.45) is 5.73 Å². The van der Waals surface area contributed by atoms with Crippen molar-refractivity contribution in [2.75, 3.05) is 36.9 Å². The number of hydrogen-bond acceptors (Lipinski definition) is 7. The van der Waals surface area contributed by atoms with Gasteiger partial charge in [-0.3, -0.25) is 4.79 Å². The molecule has 1 aromatic rings. The number of rotatable bonds is 5. The van der Waals surface area contributed by atoms with Gasteiger partial charge in [0.25, 0.3) is 5.91 Å². The molecule has 1 aliphatic rings. The molecule has 0 unspecified atom stereocenters. The summed E-state index contributed by atoms with van der Waals surface area (Å²) in [4.78, 5) is 29.0. The van der Waals surface area contributed by atoms with Crippen LogP contribution in [-0.4, -0.2) is 43.2 Å². The Morgan fingerprint density at radius 3 is 2.75 bits per heavy atom. The number of aromatic nitrogens is 1. The van der Waals surface area contributed by atoms with Gasteiger partial charge in [0.05, 0.1) is 6.54 Å². The molecular formula is C11H17N5O3S. The lowest BCUT2D eigenvalue weighted by Gasteiger charge is -2.11. The lowest BCUT2D eigenvalue weighted by Crippen LogP contribution is -2.28. The Labute approximate surface area is 120 Å². The number of nitrogens with two attached hydrogens (primary N) is 2. The molecule has 0 spiro atoms. The molecule has 5 N–H and O–H groups in total. The molecular weight excluding hydrogens is 282 g/mol. The SMILES string of the molecule is NC(=O)OCCNC(=O)c1sc(N2CCCC2)nc1N. The van der Waals surface area contributed by atoms with Crippen LogP contribution in [-0.2, 0) is 4.74 Å². The van der Waals surface area contributed by atoms with Crippen molar-refractivity contribution in [3.05, 3.63) is 4.88 Å². The van der Waals surface area contributed by atoms with Crippen molar-refractivity contribution in [1.82, 2.24) is 10.3 Å². The standard InChI is InChI=1S/C11H17N5O3S/c12-8-7(9(17)14-3-6-19-10(13)18)20-11(15-8)16-4-1-2-5-16/h1-6,12H2,(H2,13,18)(H,14,17). The quantitative estimate of drug-likeness (QED) is 0.665. The molecule has 0 saturated carbocycles. The van der Waals surface area contributed by atoms with E-state index in [4.69, 9.17) is 11.5 Å². The van der Waals surface area contributed by atoms with E-state index in [1.807, 2.05) is 0 Å². The lowest BCUT2D eigenvalue weighted by atomic mass is 10.4. The number of carbonyl (C=O) groups is 2. The van der Waals surface area contributed by atoms with E-state index in [9.17, 15) is 9.59 Å². The Kier molecular flexibility index (Phi) is 4.61. The van der Waals surface area contributed by atoms with Gasteiger partial charge in [0, 0.05) is 13.1 Å². The van der Waals surface area contributed by atoms with Crippen LogP contribution in [0.25, 0.3) is 0 Å². The van der Waals surface area contributed by atoms with E-state index in [0.717, 1.165) is 31.1 Å². The van der Waals surface area contributed by atoms with Crippen LogP contribution < -0.4 is 21.7 Å². The predicted octanol–water partition coefficient (Wildman–Crippen LogP) is 0.151. The Bertz CT molecular complexity index is 498. The van der Waals surface area contributed by atoms with Gasteiger partial charge >= 0.3 is 6.09 Å². The molecule has 2 amide bonds. The van der Waals surface area contributed by atoms with Crippen molar-refractivity contribution in [3.8, 4) is 0 Å². The molecule has 0 atom stereocenters. The topological polar surface area (TPSA) is 124 Å². The maximum Gasteiger partial charge on any atom is 0.404 e. The number of amides is 2. The third-order valence-electron chi connectivity index (χ3n) is 2.86. The van der Waals surface area contributed by atoms with Crippen LogP contribution in [0.3, 0.4) is 0 Å². The second-order valence-electron chi connectivity index (χ2n) is 4.33. The summed E-state index contributed by atoms with van der Waals surface area (Å²) in [7, 11) is 0. The molecule has 0 radical (unpaired) electrons. The van der Waals surface area contributed by atoms with Crippen LogP contribution >= 0.6 is 11.3 Å². The summed E-state index contributed by atoms with van der Waals surface area (Å²) in [5.41, 5.74) is 10.6. The highest BCUT2D eigenvalue weighted by Crippen LogP contribution is 2.30. The largest absolute Gasteiger partial charge is 0.448 e. The van der Waals surface area contributed by atoms with Gasteiger partial charge in [0.1, 0.15) is 17.3 Å². The minimum Gasteiger partial charge on any atom is -0.448 e. The zero-order chi connectivity index (χ0) is 14.5. The molecule has 1 aliphatic heterocycles. The van der Waals surface area contributed by atoms with Crippen LogP contribution in [0, 0.1) is 0 Å². The first-order chi connectivity index (χ1) is 9.58. The van der Waals surface area contributed by atoms with E-state index in [0.29, 0.717) is 4.88 Å². The van der Waals surface area contributed by atoms with Gasteiger partial charge in [-0.1, -0.05) is 11.3 Å². The third-order valence-corrected chi connectivity index (χ3v) is 3.99. The minimum absolute atomic E-state index is 0.0266. The van der Waals surface area contributed by atoms with Gasteiger partial charge in [0.15, 0.2) is 5.13 Å². The Morgan fingerprint density at radius 1 is 1.40 bits per heavy atom. The van der Waals surface area contributed by atoms with Gasteiger partial charge in [-0.05, 0) is 12.8 Å². The molecule has 20 heavy (non-hydrogen) atoms. The van der Waals surface area contributed by atoms with Gasteiger partial charge in [-0.15, -0.1) is 0 Å². The number of nitrogen functional groups attached to an aromatic ring is 1. The monoisotopic (exact) mass is 299 g/mol. The molecule has 2 rings (SSSR count). The molecule has 9 heteroatoms. The van der Waals surface area contributed by atoms with Crippen molar-refractivity contribution >= 4 is 34.3 Å². The minimum atomic E-state index is -0.868. The van der Waals surface area contributed by atoms with Gasteiger partial charge in [-0.2, -0.15) is 0 Å². The van der Waals surface area contributed by atoms with Crippen molar-refractivity contribution in [3.63, 3.8) is 0 Å². The first-order valence-corrected chi connectivity index (χ1v) is 7.11. The molecule has 2 heterocycles. The van der Waals surface area contributed by atoms with E-state index in [2.05, 4.69) is 19.9 Å². The van der Waals surface area contributed by atoms with Crippen LogP contribution in [0.1, 0.15) is 22.5 Å². The summed E-state index contributed by atoms with van der Waals surface area (Å²) in [6, 6.07) is 0. The van der Waals surface area contributed by atoms with Crippen LogP contribution in [0.4, 0.5) is 15.7 Å². The number of hydrogen-bond donors (Lipinski definition) is 3. The first-order valence-electron chi connectivity index (χ1n) is 6.29. The smallest absolute Gasteiger partial charge is 0.404 e. The third kappa shape index (κ3) is 3.50. The number of nitrogens with zero attached hydrogens (tertiary/aromatic N) is 2. The van der Waals surface area contributed by atoms with Crippen molar-refractivity contribution in [1.29, 1.82) is 0 Å². The van der Waals surface area contributed by atoms with E-state index in [1.54, 1.807) is 0 Å². The first kappa shape index (κ1) is 14.4. The summed E-state index contributed by atoms with van der Waals surface area (Å²) < 4.78 is 4.52. The van der Waals surface area contributed by atoms with E-state index >= 15 is 0 Å². The number of ether oxygens (including phenoxy) is 1. The summed E-state index contributed by atoms with van der Waals surface area (Å²) >= 11 is 1.27. The van der Waals surface area contributed by atoms with E-state index in [1.165, 1.54) is 11.3 Å². The maximum absolute atomic E-state index is 11.9. The highest BCUT2D eigenvalue weighted by atomic mass is 32.1. The molecule has 0 aliphatic carbocycles. The molecule has 0 aromatic carbocycles. The van der Waals surface area contributed by atoms with Crippen LogP contribution in [0.5, 0.6) is 0 Å².